The summed E-state index contributed by atoms with van der Waals surface area (Å²) in [5.74, 6) is 1.34. The lowest BCUT2D eigenvalue weighted by atomic mass is 10.3. The fourth-order valence-electron chi connectivity index (χ4n) is 1.68. The first-order chi connectivity index (χ1) is 4.92. The smallest absolute Gasteiger partial charge is 0.270 e. The van der Waals surface area contributed by atoms with Crippen molar-refractivity contribution in [2.75, 3.05) is 18.6 Å². The molecule has 11 heavy (non-hydrogen) atoms. The monoisotopic (exact) mass is 301 g/mol. The van der Waals surface area contributed by atoms with Crippen LogP contribution in [0.4, 0.5) is 0 Å². The van der Waals surface area contributed by atoms with Crippen LogP contribution in [0.3, 0.4) is 0 Å². The van der Waals surface area contributed by atoms with E-state index in [-0.39, 0.29) is 24.0 Å². The van der Waals surface area contributed by atoms with Gasteiger partial charge in [0.1, 0.15) is 6.54 Å². The molecule has 4 heteroatoms. The van der Waals surface area contributed by atoms with Crippen molar-refractivity contribution in [1.29, 1.82) is 0 Å². The number of nitrogens with zero attached hydrogens (tertiary/aromatic N) is 1. The molecule has 0 aromatic carbocycles. The number of fused-ring (bicyclic) bond motifs is 1. The van der Waals surface area contributed by atoms with E-state index in [1.807, 2.05) is 23.5 Å². The summed E-state index contributed by atoms with van der Waals surface area (Å²) in [6.45, 7) is 1.31. The van der Waals surface area contributed by atoms with E-state index < -0.39 is 0 Å². The van der Waals surface area contributed by atoms with E-state index in [0.717, 1.165) is 6.04 Å². The topological polar surface area (TPSA) is 3.01 Å². The fraction of sp³-hybridized carbons (Fsp3) is 0.857. The Morgan fingerprint density at radius 2 is 2.45 bits per heavy atom. The zero-order valence-electron chi connectivity index (χ0n) is 6.55. The predicted molar refractivity (Wildman–Crippen MR) is 49.1 cm³/mol. The third-order valence-corrected chi connectivity index (χ3v) is 4.66. The summed E-state index contributed by atoms with van der Waals surface area (Å²) in [5, 5.41) is 0. The Kier molecular flexibility index (Phi) is 4.04. The van der Waals surface area contributed by atoms with Gasteiger partial charge >= 0.3 is 0 Å². The van der Waals surface area contributed by atoms with Crippen LogP contribution in [0.5, 0.6) is 0 Å². The van der Waals surface area contributed by atoms with Gasteiger partial charge in [-0.2, -0.15) is 0 Å². The van der Waals surface area contributed by atoms with Crippen LogP contribution in [-0.4, -0.2) is 33.5 Å². The molecule has 2 aliphatic rings. The van der Waals surface area contributed by atoms with Gasteiger partial charge in [0.2, 0.25) is 0 Å². The molecule has 1 atom stereocenters. The molecule has 1 saturated heterocycles. The van der Waals surface area contributed by atoms with Gasteiger partial charge < -0.3 is 24.0 Å². The van der Waals surface area contributed by atoms with Crippen LogP contribution in [0.15, 0.2) is 0 Å². The minimum Gasteiger partial charge on any atom is -1.00 e. The van der Waals surface area contributed by atoms with Gasteiger partial charge in [0.25, 0.3) is 4.38 Å². The minimum absolute atomic E-state index is 0. The Hall–Kier alpha value is 1.10. The molecule has 1 fully saturated rings. The maximum absolute atomic E-state index is 2.58. The molecular weight excluding hydrogens is 289 g/mol. The Balaban J connectivity index is 0.000000605. The summed E-state index contributed by atoms with van der Waals surface area (Å²) in [5.41, 5.74) is 0. The van der Waals surface area contributed by atoms with Crippen molar-refractivity contribution >= 4 is 27.9 Å². The molecule has 0 aromatic rings. The van der Waals surface area contributed by atoms with E-state index in [1.54, 1.807) is 4.38 Å². The van der Waals surface area contributed by atoms with Crippen LogP contribution < -0.4 is 24.0 Å². The van der Waals surface area contributed by atoms with Crippen LogP contribution in [-0.2, 0) is 0 Å². The number of hydrogen-bond acceptors (Lipinski definition) is 2. The highest BCUT2D eigenvalue weighted by Gasteiger charge is 2.37. The molecule has 2 rings (SSSR count). The van der Waals surface area contributed by atoms with E-state index in [2.05, 4.69) is 10.8 Å². The van der Waals surface area contributed by atoms with Gasteiger partial charge in [-0.1, -0.05) is 11.8 Å². The van der Waals surface area contributed by atoms with E-state index >= 15 is 0 Å². The third-order valence-electron chi connectivity index (χ3n) is 2.19. The summed E-state index contributed by atoms with van der Waals surface area (Å²) in [7, 11) is 0. The van der Waals surface area contributed by atoms with Gasteiger partial charge in [0.15, 0.2) is 6.04 Å². The molecule has 0 bridgehead atoms. The van der Waals surface area contributed by atoms with Gasteiger partial charge in [-0.3, -0.25) is 0 Å². The zero-order chi connectivity index (χ0) is 6.97. The Morgan fingerprint density at radius 3 is 3.18 bits per heavy atom. The average molecular weight is 301 g/mol. The summed E-state index contributed by atoms with van der Waals surface area (Å²) in [4.78, 5) is 0. The lowest BCUT2D eigenvalue weighted by Crippen LogP contribution is -3.00. The molecule has 2 heterocycles. The van der Waals surface area contributed by atoms with E-state index in [4.69, 9.17) is 0 Å². The molecule has 0 saturated carbocycles. The predicted octanol–water partition coefficient (Wildman–Crippen LogP) is -1.37. The van der Waals surface area contributed by atoms with E-state index in [0.29, 0.717) is 0 Å². The summed E-state index contributed by atoms with van der Waals surface area (Å²) >= 11 is 3.95. The maximum atomic E-state index is 2.58. The van der Waals surface area contributed by atoms with Crippen LogP contribution in [0.2, 0.25) is 0 Å². The molecule has 0 amide bonds. The molecule has 1 nitrogen and oxygen atoms in total. The van der Waals surface area contributed by atoms with Crippen molar-refractivity contribution in [3.8, 4) is 0 Å². The summed E-state index contributed by atoms with van der Waals surface area (Å²) in [6.07, 6.45) is 5.02. The number of hydrogen-bond donors (Lipinski definition) is 0. The largest absolute Gasteiger partial charge is 1.00 e. The van der Waals surface area contributed by atoms with Crippen LogP contribution in [0.1, 0.15) is 12.8 Å². The highest BCUT2D eigenvalue weighted by Crippen LogP contribution is 2.30. The van der Waals surface area contributed by atoms with Gasteiger partial charge in [0.05, 0.1) is 5.75 Å². The quantitative estimate of drug-likeness (QED) is 0.401. The second-order valence-electron chi connectivity index (χ2n) is 2.77. The first-order valence-corrected chi connectivity index (χ1v) is 5.93. The highest BCUT2D eigenvalue weighted by atomic mass is 127. The van der Waals surface area contributed by atoms with E-state index in [9.17, 15) is 0 Å². The Bertz CT molecular complexity index is 181. The molecule has 0 aromatic heterocycles. The number of thioether (sulfide) groups is 2. The second-order valence-corrected chi connectivity index (χ2v) is 4.83. The zero-order valence-corrected chi connectivity index (χ0v) is 10.3. The second kappa shape index (κ2) is 4.37. The first kappa shape index (κ1) is 10.2. The van der Waals surface area contributed by atoms with Crippen molar-refractivity contribution in [3.63, 3.8) is 0 Å². The third kappa shape index (κ3) is 1.88. The van der Waals surface area contributed by atoms with Crippen molar-refractivity contribution < 1.29 is 28.6 Å². The van der Waals surface area contributed by atoms with E-state index in [1.165, 1.54) is 25.1 Å². The van der Waals surface area contributed by atoms with Gasteiger partial charge in [-0.15, -0.1) is 0 Å². The molecule has 0 unspecified atom stereocenters. The molecule has 0 spiro atoms. The molecular formula is C7H12INS2. The summed E-state index contributed by atoms with van der Waals surface area (Å²) < 4.78 is 4.14. The Morgan fingerprint density at radius 1 is 1.64 bits per heavy atom. The van der Waals surface area contributed by atoms with Crippen molar-refractivity contribution in [3.05, 3.63) is 0 Å². The van der Waals surface area contributed by atoms with Gasteiger partial charge in [-0.05, 0) is 18.0 Å². The van der Waals surface area contributed by atoms with Gasteiger partial charge in [-0.25, -0.2) is 4.58 Å². The standard InChI is InChI=1S/C7H12NS2.HI/c1-9-7-8-4-2-3-6(8)5-10-7;/h6H,2-5H2,1H3;1H/q+1;/p-1/t6-;/m0./s1. The SMILES string of the molecule is CSC1=[N+]2CCC[C@H]2CS1.[I-]. The lowest BCUT2D eigenvalue weighted by molar-refractivity contribution is -0.530. The normalized spacial score (nSPS) is 28.6. The molecule has 2 aliphatic heterocycles. The Labute approximate surface area is 93.4 Å². The fourth-order valence-corrected chi connectivity index (χ4v) is 3.91. The summed E-state index contributed by atoms with van der Waals surface area (Å²) in [6, 6.07) is 0.896. The number of rotatable bonds is 0. The molecule has 0 aliphatic carbocycles. The van der Waals surface area contributed by atoms with Crippen molar-refractivity contribution in [2.24, 2.45) is 0 Å². The minimum atomic E-state index is 0. The first-order valence-electron chi connectivity index (χ1n) is 3.72. The van der Waals surface area contributed by atoms with Gasteiger partial charge in [0, 0.05) is 12.8 Å². The van der Waals surface area contributed by atoms with Crippen molar-refractivity contribution in [2.45, 2.75) is 18.9 Å². The lowest BCUT2D eigenvalue weighted by Gasteiger charge is -1.94. The van der Waals surface area contributed by atoms with Crippen molar-refractivity contribution in [1.82, 2.24) is 0 Å². The van der Waals surface area contributed by atoms with Crippen LogP contribution in [0.25, 0.3) is 0 Å². The molecule has 64 valence electrons. The van der Waals surface area contributed by atoms with Crippen LogP contribution >= 0.6 is 23.5 Å². The average Bonchev–Trinajstić information content (AvgIpc) is 2.44. The maximum Gasteiger partial charge on any atom is 0.270 e. The molecule has 0 radical (unpaired) electrons. The van der Waals surface area contributed by atoms with Crippen LogP contribution in [0, 0.1) is 0 Å². The highest BCUT2D eigenvalue weighted by molar-refractivity contribution is 8.38. The number of halogens is 1. The molecule has 0 N–H and O–H groups in total.